The van der Waals surface area contributed by atoms with E-state index in [0.717, 1.165) is 17.8 Å². The number of nitrogens with zero attached hydrogens (tertiary/aromatic N) is 1. The second-order valence-corrected chi connectivity index (χ2v) is 8.00. The minimum atomic E-state index is -0.690. The molecular formula is C23H28N4O2. The number of piperidine rings is 1. The number of nitrogens with one attached hydrogen (secondary N) is 3. The van der Waals surface area contributed by atoms with Crippen LogP contribution in [0.25, 0.3) is 0 Å². The van der Waals surface area contributed by atoms with E-state index in [1.165, 1.54) is 11.1 Å². The zero-order valence-corrected chi connectivity index (χ0v) is 17.1. The van der Waals surface area contributed by atoms with E-state index < -0.39 is 5.92 Å². The predicted molar refractivity (Wildman–Crippen MR) is 114 cm³/mol. The first-order valence-corrected chi connectivity index (χ1v) is 10.3. The normalized spacial score (nSPS) is 26.3. The van der Waals surface area contributed by atoms with Crippen molar-refractivity contribution in [3.05, 3.63) is 59.7 Å². The molecule has 0 saturated carbocycles. The van der Waals surface area contributed by atoms with Crippen molar-refractivity contribution < 1.29 is 9.59 Å². The van der Waals surface area contributed by atoms with Crippen LogP contribution in [-0.2, 0) is 16.0 Å². The third-order valence-corrected chi connectivity index (χ3v) is 5.96. The SMILES string of the molecule is CCc1ccc(NC(=O)C2CNC3C(C2=O)C(C)NN3c2ccc(C)cc2)cc1. The first-order valence-electron chi connectivity index (χ1n) is 10.3. The molecule has 2 aromatic carbocycles. The molecule has 0 aromatic heterocycles. The summed E-state index contributed by atoms with van der Waals surface area (Å²) in [7, 11) is 0. The molecule has 3 N–H and O–H groups in total. The Hall–Kier alpha value is -2.70. The van der Waals surface area contributed by atoms with Gasteiger partial charge in [0.1, 0.15) is 12.1 Å². The number of carbonyl (C=O) groups is 2. The van der Waals surface area contributed by atoms with Crippen LogP contribution < -0.4 is 21.1 Å². The Morgan fingerprint density at radius 3 is 2.48 bits per heavy atom. The van der Waals surface area contributed by atoms with E-state index in [9.17, 15) is 9.59 Å². The van der Waals surface area contributed by atoms with E-state index in [1.807, 2.05) is 55.3 Å². The molecule has 2 heterocycles. The van der Waals surface area contributed by atoms with E-state index in [-0.39, 0.29) is 29.8 Å². The molecule has 2 fully saturated rings. The quantitative estimate of drug-likeness (QED) is 0.698. The molecule has 4 unspecified atom stereocenters. The third-order valence-electron chi connectivity index (χ3n) is 5.96. The van der Waals surface area contributed by atoms with Crippen LogP contribution in [0.1, 0.15) is 25.0 Å². The van der Waals surface area contributed by atoms with Crippen LogP contribution in [0.3, 0.4) is 0 Å². The standard InChI is InChI=1S/C23H28N4O2/c1-4-16-7-9-17(10-8-16)25-23(29)19-13-24-22-20(21(19)28)15(3)26-27(22)18-11-5-14(2)6-12-18/h5-12,15,19-20,22,24,26H,4,13H2,1-3H3,(H,25,29). The molecule has 2 saturated heterocycles. The molecule has 6 nitrogen and oxygen atoms in total. The molecule has 6 heteroatoms. The van der Waals surface area contributed by atoms with Crippen molar-refractivity contribution in [2.75, 3.05) is 16.9 Å². The van der Waals surface area contributed by atoms with Crippen molar-refractivity contribution in [2.24, 2.45) is 11.8 Å². The van der Waals surface area contributed by atoms with Gasteiger partial charge in [-0.1, -0.05) is 36.8 Å². The van der Waals surface area contributed by atoms with Gasteiger partial charge in [-0.2, -0.15) is 0 Å². The maximum Gasteiger partial charge on any atom is 0.236 e. The van der Waals surface area contributed by atoms with Crippen molar-refractivity contribution in [3.8, 4) is 0 Å². The van der Waals surface area contributed by atoms with Gasteiger partial charge in [-0.15, -0.1) is 0 Å². The molecular weight excluding hydrogens is 364 g/mol. The first kappa shape index (κ1) is 19.6. The Morgan fingerprint density at radius 2 is 1.83 bits per heavy atom. The van der Waals surface area contributed by atoms with Gasteiger partial charge in [-0.25, -0.2) is 5.43 Å². The van der Waals surface area contributed by atoms with Gasteiger partial charge in [-0.3, -0.25) is 19.9 Å². The van der Waals surface area contributed by atoms with Gasteiger partial charge in [0.05, 0.1) is 11.6 Å². The average Bonchev–Trinajstić information content (AvgIpc) is 3.06. The van der Waals surface area contributed by atoms with Crippen LogP contribution in [0, 0.1) is 18.8 Å². The molecule has 2 aromatic rings. The number of rotatable bonds is 4. The number of hydrogen-bond acceptors (Lipinski definition) is 5. The summed E-state index contributed by atoms with van der Waals surface area (Å²) in [4.78, 5) is 26.0. The van der Waals surface area contributed by atoms with Crippen molar-refractivity contribution in [1.82, 2.24) is 10.7 Å². The number of fused-ring (bicyclic) bond motifs is 1. The van der Waals surface area contributed by atoms with Gasteiger partial charge in [0.25, 0.3) is 0 Å². The molecule has 1 amide bonds. The number of hydrogen-bond donors (Lipinski definition) is 3. The highest BCUT2D eigenvalue weighted by atomic mass is 16.2. The molecule has 0 aliphatic carbocycles. The average molecular weight is 393 g/mol. The van der Waals surface area contributed by atoms with Crippen LogP contribution in [0.4, 0.5) is 11.4 Å². The maximum absolute atomic E-state index is 13.2. The molecule has 4 rings (SSSR count). The van der Waals surface area contributed by atoms with Gasteiger partial charge >= 0.3 is 0 Å². The molecule has 152 valence electrons. The number of hydrazine groups is 1. The highest BCUT2D eigenvalue weighted by Gasteiger charge is 2.50. The molecule has 0 radical (unpaired) electrons. The number of amides is 1. The second-order valence-electron chi connectivity index (χ2n) is 8.00. The number of Topliss-reactive ketones (excluding diaryl/α,β-unsaturated/α-hetero) is 1. The number of benzene rings is 2. The van der Waals surface area contributed by atoms with Crippen molar-refractivity contribution in [3.63, 3.8) is 0 Å². The van der Waals surface area contributed by atoms with Crippen molar-refractivity contribution in [1.29, 1.82) is 0 Å². The number of carbonyl (C=O) groups excluding carboxylic acids is 2. The van der Waals surface area contributed by atoms with E-state index in [1.54, 1.807) is 0 Å². The Bertz CT molecular complexity index is 894. The highest BCUT2D eigenvalue weighted by molar-refractivity contribution is 6.09. The van der Waals surface area contributed by atoms with Gasteiger partial charge < -0.3 is 5.32 Å². The monoisotopic (exact) mass is 392 g/mol. The fourth-order valence-corrected chi connectivity index (χ4v) is 4.22. The molecule has 4 atom stereocenters. The lowest BCUT2D eigenvalue weighted by Gasteiger charge is -2.35. The Kier molecular flexibility index (Phi) is 5.39. The lowest BCUT2D eigenvalue weighted by Crippen LogP contribution is -2.58. The Balaban J connectivity index is 1.47. The van der Waals surface area contributed by atoms with Gasteiger partial charge in [0.15, 0.2) is 5.78 Å². The Labute approximate surface area is 171 Å². The smallest absolute Gasteiger partial charge is 0.236 e. The van der Waals surface area contributed by atoms with Crippen LogP contribution in [0.5, 0.6) is 0 Å². The number of anilines is 2. The van der Waals surface area contributed by atoms with Gasteiger partial charge in [0.2, 0.25) is 5.91 Å². The second kappa shape index (κ2) is 7.97. The third kappa shape index (κ3) is 3.78. The summed E-state index contributed by atoms with van der Waals surface area (Å²) < 4.78 is 0. The first-order chi connectivity index (χ1) is 14.0. The fraction of sp³-hybridized carbons (Fsp3) is 0.391. The summed E-state index contributed by atoms with van der Waals surface area (Å²) in [5, 5.41) is 8.34. The van der Waals surface area contributed by atoms with Crippen LogP contribution in [-0.4, -0.2) is 30.4 Å². The van der Waals surface area contributed by atoms with Crippen LogP contribution in [0.15, 0.2) is 48.5 Å². The van der Waals surface area contributed by atoms with Crippen molar-refractivity contribution >= 4 is 23.1 Å². The lowest BCUT2D eigenvalue weighted by molar-refractivity contribution is -0.136. The topological polar surface area (TPSA) is 73.5 Å². The van der Waals surface area contributed by atoms with Crippen LogP contribution >= 0.6 is 0 Å². The van der Waals surface area contributed by atoms with Gasteiger partial charge in [0, 0.05) is 18.3 Å². The van der Waals surface area contributed by atoms with E-state index >= 15 is 0 Å². The Morgan fingerprint density at radius 1 is 1.14 bits per heavy atom. The summed E-state index contributed by atoms with van der Waals surface area (Å²) in [6, 6.07) is 15.9. The molecule has 2 aliphatic heterocycles. The van der Waals surface area contributed by atoms with Gasteiger partial charge in [-0.05, 0) is 50.1 Å². The van der Waals surface area contributed by atoms with Crippen LogP contribution in [0.2, 0.25) is 0 Å². The summed E-state index contributed by atoms with van der Waals surface area (Å²) in [6.45, 7) is 6.46. The van der Waals surface area contributed by atoms with Crippen molar-refractivity contribution in [2.45, 2.75) is 39.4 Å². The zero-order valence-electron chi connectivity index (χ0n) is 17.1. The highest BCUT2D eigenvalue weighted by Crippen LogP contribution is 2.32. The molecule has 2 aliphatic rings. The fourth-order valence-electron chi connectivity index (χ4n) is 4.22. The van der Waals surface area contributed by atoms with E-state index in [2.05, 4.69) is 35.1 Å². The summed E-state index contributed by atoms with van der Waals surface area (Å²) >= 11 is 0. The summed E-state index contributed by atoms with van der Waals surface area (Å²) in [6.07, 6.45) is 0.790. The largest absolute Gasteiger partial charge is 0.325 e. The number of aryl methyl sites for hydroxylation is 2. The predicted octanol–water partition coefficient (Wildman–Crippen LogP) is 2.64. The maximum atomic E-state index is 13.2. The minimum Gasteiger partial charge on any atom is -0.325 e. The molecule has 0 bridgehead atoms. The zero-order chi connectivity index (χ0) is 20.5. The molecule has 29 heavy (non-hydrogen) atoms. The summed E-state index contributed by atoms with van der Waals surface area (Å²) in [5.41, 5.74) is 7.53. The van der Waals surface area contributed by atoms with E-state index in [4.69, 9.17) is 0 Å². The molecule has 0 spiro atoms. The minimum absolute atomic E-state index is 0.00830. The number of ketones is 1. The summed E-state index contributed by atoms with van der Waals surface area (Å²) in [5.74, 6) is -1.23. The van der Waals surface area contributed by atoms with E-state index in [0.29, 0.717) is 6.54 Å². The lowest BCUT2D eigenvalue weighted by atomic mass is 9.83.